The molecule has 0 N–H and O–H groups in total. The molecule has 0 atom stereocenters. The Kier molecular flexibility index (Phi) is 6.62. The van der Waals surface area contributed by atoms with Crippen LogP contribution in [-0.2, 0) is 11.3 Å². The van der Waals surface area contributed by atoms with Crippen LogP contribution in [0.3, 0.4) is 0 Å². The molecule has 154 valence electrons. The molecule has 0 spiro atoms. The number of para-hydroxylation sites is 1. The van der Waals surface area contributed by atoms with Crippen LogP contribution in [0.15, 0.2) is 70.2 Å². The lowest BCUT2D eigenvalue weighted by molar-refractivity contribution is -0.116. The Labute approximate surface area is 187 Å². The zero-order valence-electron chi connectivity index (χ0n) is 16.2. The molecule has 0 saturated heterocycles. The van der Waals surface area contributed by atoms with E-state index in [1.54, 1.807) is 11.2 Å². The van der Waals surface area contributed by atoms with Gasteiger partial charge in [0, 0.05) is 9.92 Å². The topological polar surface area (TPSA) is 55.6 Å². The molecular weight excluding hydrogens is 440 g/mol. The highest BCUT2D eigenvalue weighted by atomic mass is 35.5. The Balaban J connectivity index is 1.60. The van der Waals surface area contributed by atoms with Crippen molar-refractivity contribution >= 4 is 56.0 Å². The van der Waals surface area contributed by atoms with E-state index in [0.29, 0.717) is 29.1 Å². The van der Waals surface area contributed by atoms with Crippen molar-refractivity contribution in [1.82, 2.24) is 4.98 Å². The molecule has 0 unspecified atom stereocenters. The Hall–Kier alpha value is -2.48. The molecule has 0 aliphatic heterocycles. The minimum absolute atomic E-state index is 0.0524. The summed E-state index contributed by atoms with van der Waals surface area (Å²) >= 11 is 8.87. The van der Waals surface area contributed by atoms with Crippen LogP contribution < -0.4 is 9.64 Å². The first-order chi connectivity index (χ1) is 14.6. The molecule has 0 aliphatic rings. The van der Waals surface area contributed by atoms with E-state index in [0.717, 1.165) is 20.9 Å². The number of benzene rings is 2. The summed E-state index contributed by atoms with van der Waals surface area (Å²) in [6.07, 6.45) is 1.60. The minimum atomic E-state index is -0.0524. The van der Waals surface area contributed by atoms with Crippen molar-refractivity contribution in [2.75, 3.05) is 17.3 Å². The Morgan fingerprint density at radius 1 is 1.20 bits per heavy atom. The lowest BCUT2D eigenvalue weighted by atomic mass is 10.3. The van der Waals surface area contributed by atoms with E-state index in [9.17, 15) is 4.79 Å². The summed E-state index contributed by atoms with van der Waals surface area (Å²) in [6.45, 7) is 2.81. The number of hydrogen-bond donors (Lipinski definition) is 0. The van der Waals surface area contributed by atoms with Crippen LogP contribution in [0.4, 0.5) is 5.13 Å². The molecule has 4 aromatic rings. The smallest absolute Gasteiger partial charge is 0.239 e. The molecule has 0 saturated carbocycles. The van der Waals surface area contributed by atoms with Gasteiger partial charge in [-0.15, -0.1) is 11.8 Å². The number of thioether (sulfide) groups is 1. The summed E-state index contributed by atoms with van der Waals surface area (Å²) in [5.41, 5.74) is 0.766. The Morgan fingerprint density at radius 3 is 2.77 bits per heavy atom. The molecule has 0 bridgehead atoms. The number of aromatic nitrogens is 1. The average Bonchev–Trinajstić information content (AvgIpc) is 3.41. The summed E-state index contributed by atoms with van der Waals surface area (Å²) in [4.78, 5) is 20.5. The van der Waals surface area contributed by atoms with E-state index in [2.05, 4.69) is 0 Å². The highest BCUT2D eigenvalue weighted by molar-refractivity contribution is 8.00. The van der Waals surface area contributed by atoms with Crippen LogP contribution in [0.1, 0.15) is 12.7 Å². The first-order valence-electron chi connectivity index (χ1n) is 9.37. The van der Waals surface area contributed by atoms with Crippen molar-refractivity contribution in [2.24, 2.45) is 0 Å². The van der Waals surface area contributed by atoms with Gasteiger partial charge in [-0.1, -0.05) is 29.0 Å². The monoisotopic (exact) mass is 458 g/mol. The number of ether oxygens (including phenoxy) is 1. The maximum absolute atomic E-state index is 13.2. The number of nitrogens with zero attached hydrogens (tertiary/aromatic N) is 2. The van der Waals surface area contributed by atoms with E-state index in [1.165, 1.54) is 23.1 Å². The fourth-order valence-corrected chi connectivity index (χ4v) is 4.77. The number of furan rings is 1. The normalized spacial score (nSPS) is 11.0. The van der Waals surface area contributed by atoms with Gasteiger partial charge in [0.1, 0.15) is 17.0 Å². The summed E-state index contributed by atoms with van der Waals surface area (Å²) in [5.74, 6) is 1.64. The van der Waals surface area contributed by atoms with Crippen molar-refractivity contribution in [3.8, 4) is 5.75 Å². The number of rotatable bonds is 8. The third-order valence-corrected chi connectivity index (χ3v) is 6.56. The Bertz CT molecular complexity index is 1130. The molecule has 2 aromatic heterocycles. The van der Waals surface area contributed by atoms with Gasteiger partial charge in [0.15, 0.2) is 5.13 Å². The number of fused-ring (bicyclic) bond motifs is 1. The van der Waals surface area contributed by atoms with E-state index in [4.69, 9.17) is 25.7 Å². The molecule has 4 rings (SSSR count). The van der Waals surface area contributed by atoms with Gasteiger partial charge in [-0.05, 0) is 55.5 Å². The second-order valence-corrected chi connectivity index (χ2v) is 8.83. The predicted octanol–water partition coefficient (Wildman–Crippen LogP) is 6.27. The maximum atomic E-state index is 13.2. The first-order valence-corrected chi connectivity index (χ1v) is 11.6. The molecule has 8 heteroatoms. The van der Waals surface area contributed by atoms with Crippen LogP contribution in [-0.4, -0.2) is 23.3 Å². The highest BCUT2D eigenvalue weighted by Crippen LogP contribution is 2.35. The van der Waals surface area contributed by atoms with Crippen LogP contribution in [0.5, 0.6) is 5.75 Å². The molecule has 0 radical (unpaired) electrons. The van der Waals surface area contributed by atoms with Crippen molar-refractivity contribution < 1.29 is 13.9 Å². The quantitative estimate of drug-likeness (QED) is 0.291. The van der Waals surface area contributed by atoms with Gasteiger partial charge in [0.05, 0.1) is 29.9 Å². The second kappa shape index (κ2) is 9.55. The zero-order valence-corrected chi connectivity index (χ0v) is 18.6. The van der Waals surface area contributed by atoms with Crippen LogP contribution in [0.25, 0.3) is 10.2 Å². The molecular formula is C22H19ClN2O3S2. The third kappa shape index (κ3) is 4.80. The molecule has 0 fully saturated rings. The van der Waals surface area contributed by atoms with Gasteiger partial charge >= 0.3 is 0 Å². The molecule has 2 heterocycles. The second-order valence-electron chi connectivity index (χ2n) is 6.33. The largest absolute Gasteiger partial charge is 0.492 e. The number of carbonyl (C=O) groups excluding carboxylic acids is 1. The summed E-state index contributed by atoms with van der Waals surface area (Å²) in [7, 11) is 0. The van der Waals surface area contributed by atoms with E-state index in [1.807, 2.05) is 61.5 Å². The van der Waals surface area contributed by atoms with Gasteiger partial charge in [-0.3, -0.25) is 9.69 Å². The number of hydrogen-bond acceptors (Lipinski definition) is 6. The summed E-state index contributed by atoms with van der Waals surface area (Å²) < 4.78 is 12.2. The Morgan fingerprint density at radius 2 is 2.03 bits per heavy atom. The number of amides is 1. The van der Waals surface area contributed by atoms with Gasteiger partial charge < -0.3 is 9.15 Å². The van der Waals surface area contributed by atoms with Crippen LogP contribution >= 0.6 is 34.7 Å². The highest BCUT2D eigenvalue weighted by Gasteiger charge is 2.22. The number of carbonyl (C=O) groups is 1. The number of anilines is 1. The van der Waals surface area contributed by atoms with Gasteiger partial charge in [0.2, 0.25) is 5.91 Å². The fraction of sp³-hybridized carbons (Fsp3) is 0.182. The van der Waals surface area contributed by atoms with Crippen LogP contribution in [0.2, 0.25) is 5.02 Å². The van der Waals surface area contributed by atoms with Crippen molar-refractivity contribution in [3.05, 3.63) is 71.6 Å². The minimum Gasteiger partial charge on any atom is -0.492 e. The summed E-state index contributed by atoms with van der Waals surface area (Å²) in [6, 6.07) is 16.9. The third-order valence-electron chi connectivity index (χ3n) is 4.27. The first kappa shape index (κ1) is 20.8. The summed E-state index contributed by atoms with van der Waals surface area (Å²) in [5, 5.41) is 1.29. The molecule has 5 nitrogen and oxygen atoms in total. The standard InChI is InChI=1S/C22H19ClN2O3S2/c1-2-27-18-6-3-7-19-21(18)24-22(30-19)25(13-16-5-4-12-28-16)20(26)14-29-17-10-8-15(23)9-11-17/h3-12H,2,13-14H2,1H3. The van der Waals surface area contributed by atoms with Crippen molar-refractivity contribution in [2.45, 2.75) is 18.4 Å². The zero-order chi connectivity index (χ0) is 20.9. The van der Waals surface area contributed by atoms with E-state index in [-0.39, 0.29) is 11.7 Å². The molecule has 2 aromatic carbocycles. The van der Waals surface area contributed by atoms with Crippen molar-refractivity contribution in [1.29, 1.82) is 0 Å². The number of halogens is 1. The van der Waals surface area contributed by atoms with Gasteiger partial charge in [-0.2, -0.15) is 0 Å². The average molecular weight is 459 g/mol. The molecule has 0 aliphatic carbocycles. The van der Waals surface area contributed by atoms with Crippen molar-refractivity contribution in [3.63, 3.8) is 0 Å². The van der Waals surface area contributed by atoms with Gasteiger partial charge in [-0.25, -0.2) is 4.98 Å². The fourth-order valence-electron chi connectivity index (χ4n) is 2.87. The lowest BCUT2D eigenvalue weighted by Gasteiger charge is -2.18. The predicted molar refractivity (Wildman–Crippen MR) is 123 cm³/mol. The van der Waals surface area contributed by atoms with E-state index >= 15 is 0 Å². The molecule has 30 heavy (non-hydrogen) atoms. The maximum Gasteiger partial charge on any atom is 0.239 e. The lowest BCUT2D eigenvalue weighted by Crippen LogP contribution is -2.31. The van der Waals surface area contributed by atoms with Gasteiger partial charge in [0.25, 0.3) is 0 Å². The SMILES string of the molecule is CCOc1cccc2sc(N(Cc3ccco3)C(=O)CSc3ccc(Cl)cc3)nc12. The number of thiazole rings is 1. The molecule has 1 amide bonds. The van der Waals surface area contributed by atoms with Crippen LogP contribution in [0, 0.1) is 0 Å². The van der Waals surface area contributed by atoms with E-state index < -0.39 is 0 Å².